The van der Waals surface area contributed by atoms with E-state index in [4.69, 9.17) is 11.6 Å². The molecule has 0 radical (unpaired) electrons. The monoisotopic (exact) mass is 327 g/mol. The molecule has 6 heteroatoms. The van der Waals surface area contributed by atoms with Crippen LogP contribution < -0.4 is 5.32 Å². The number of hydrogen-bond acceptors (Lipinski definition) is 2. The molecule has 0 bridgehead atoms. The summed E-state index contributed by atoms with van der Waals surface area (Å²) in [5.41, 5.74) is 3.42. The van der Waals surface area contributed by atoms with Gasteiger partial charge in [-0.2, -0.15) is 0 Å². The zero-order valence-corrected chi connectivity index (χ0v) is 13.7. The van der Waals surface area contributed by atoms with Crippen LogP contribution in [0.2, 0.25) is 5.15 Å². The van der Waals surface area contributed by atoms with Gasteiger partial charge in [-0.25, -0.2) is 4.98 Å². The van der Waals surface area contributed by atoms with Crippen LogP contribution in [0.5, 0.6) is 0 Å². The second-order valence-corrected chi connectivity index (χ2v) is 5.95. The summed E-state index contributed by atoms with van der Waals surface area (Å²) in [5, 5.41) is 4.31. The minimum Gasteiger partial charge on any atom is -0.356 e. The Hall–Kier alpha value is -1.26. The Morgan fingerprint density at radius 2 is 2.19 bits per heavy atom. The number of nitrogens with zero attached hydrogens (tertiary/aromatic N) is 1. The highest BCUT2D eigenvalue weighted by Gasteiger charge is 2.21. The molecule has 0 unspecified atom stereocenters. The number of H-pyrrole nitrogens is 1. The Morgan fingerprint density at radius 3 is 2.81 bits per heavy atom. The van der Waals surface area contributed by atoms with Crippen LogP contribution >= 0.6 is 24.0 Å². The molecule has 114 valence electrons. The van der Waals surface area contributed by atoms with Gasteiger partial charge in [0, 0.05) is 23.8 Å². The number of halogens is 2. The lowest BCUT2D eigenvalue weighted by Crippen LogP contribution is -2.32. The van der Waals surface area contributed by atoms with Crippen molar-refractivity contribution in [3.05, 3.63) is 28.2 Å². The van der Waals surface area contributed by atoms with E-state index < -0.39 is 0 Å². The van der Waals surface area contributed by atoms with Crippen LogP contribution in [0.1, 0.15) is 40.9 Å². The summed E-state index contributed by atoms with van der Waals surface area (Å²) in [6.07, 6.45) is 5.29. The smallest absolute Gasteiger partial charge is 0.253 e. The Kier molecular flexibility index (Phi) is 4.79. The zero-order chi connectivity index (χ0) is 14.3. The van der Waals surface area contributed by atoms with Gasteiger partial charge in [-0.05, 0) is 38.2 Å². The predicted octanol–water partition coefficient (Wildman–Crippen LogP) is 3.78. The summed E-state index contributed by atoms with van der Waals surface area (Å²) in [7, 11) is 0. The largest absolute Gasteiger partial charge is 0.356 e. The lowest BCUT2D eigenvalue weighted by atomic mass is 9.85. The Balaban J connectivity index is 0.00000161. The van der Waals surface area contributed by atoms with Crippen LogP contribution in [0, 0.1) is 19.8 Å². The van der Waals surface area contributed by atoms with E-state index in [1.165, 1.54) is 19.3 Å². The number of aromatic amines is 1. The number of amides is 1. The third-order valence-electron chi connectivity index (χ3n) is 4.30. The molecule has 2 heterocycles. The number of carbonyl (C=O) groups is 1. The third-order valence-corrected chi connectivity index (χ3v) is 4.59. The van der Waals surface area contributed by atoms with Gasteiger partial charge in [0.25, 0.3) is 5.91 Å². The molecule has 4 nitrogen and oxygen atoms in total. The van der Waals surface area contributed by atoms with Crippen LogP contribution in [0.4, 0.5) is 0 Å². The molecule has 1 saturated carbocycles. The van der Waals surface area contributed by atoms with E-state index >= 15 is 0 Å². The molecular weight excluding hydrogens is 309 g/mol. The van der Waals surface area contributed by atoms with Crippen molar-refractivity contribution < 1.29 is 4.79 Å². The highest BCUT2D eigenvalue weighted by molar-refractivity contribution is 6.34. The molecule has 21 heavy (non-hydrogen) atoms. The van der Waals surface area contributed by atoms with Crippen LogP contribution in [0.3, 0.4) is 0 Å². The average Bonchev–Trinajstić information content (AvgIpc) is 2.66. The van der Waals surface area contributed by atoms with E-state index in [2.05, 4.69) is 15.3 Å². The molecule has 2 N–H and O–H groups in total. The van der Waals surface area contributed by atoms with Gasteiger partial charge in [0.15, 0.2) is 5.15 Å². The van der Waals surface area contributed by atoms with Crippen molar-refractivity contribution in [3.63, 3.8) is 0 Å². The fourth-order valence-electron chi connectivity index (χ4n) is 2.66. The van der Waals surface area contributed by atoms with Gasteiger partial charge in [-0.3, -0.25) is 4.79 Å². The zero-order valence-electron chi connectivity index (χ0n) is 12.1. The minimum atomic E-state index is -0.0619. The molecular formula is C15H19Cl2N3O. The molecule has 2 aromatic heterocycles. The maximum absolute atomic E-state index is 12.4. The summed E-state index contributed by atoms with van der Waals surface area (Å²) in [4.78, 5) is 19.7. The molecule has 0 saturated heterocycles. The van der Waals surface area contributed by atoms with Gasteiger partial charge in [0.1, 0.15) is 0 Å². The first-order valence-electron chi connectivity index (χ1n) is 6.99. The van der Waals surface area contributed by atoms with E-state index in [0.29, 0.717) is 16.6 Å². The van der Waals surface area contributed by atoms with E-state index in [1.54, 1.807) is 6.20 Å². The summed E-state index contributed by atoms with van der Waals surface area (Å²) in [6.45, 7) is 4.72. The lowest BCUT2D eigenvalue weighted by Gasteiger charge is -2.25. The summed E-state index contributed by atoms with van der Waals surface area (Å²) >= 11 is 6.10. The van der Waals surface area contributed by atoms with E-state index in [9.17, 15) is 4.79 Å². The second-order valence-electron chi connectivity index (χ2n) is 5.59. The van der Waals surface area contributed by atoms with Gasteiger partial charge in [0.05, 0.1) is 11.1 Å². The molecule has 0 spiro atoms. The SMILES string of the molecule is Cc1[nH]c2c(Cl)ncc(C(=O)NCC3CCC3)c2c1C.Cl. The van der Waals surface area contributed by atoms with Gasteiger partial charge >= 0.3 is 0 Å². The third kappa shape index (κ3) is 2.87. The molecule has 0 atom stereocenters. The number of carbonyl (C=O) groups excluding carboxylic acids is 1. The summed E-state index contributed by atoms with van der Waals surface area (Å²) < 4.78 is 0. The standard InChI is InChI=1S/C15H18ClN3O.ClH/c1-8-9(2)19-13-12(8)11(7-17-14(13)16)15(20)18-6-10-4-3-5-10;/h7,10,19H,3-6H2,1-2H3,(H,18,20);1H. The van der Waals surface area contributed by atoms with Crippen molar-refractivity contribution in [2.75, 3.05) is 6.54 Å². The highest BCUT2D eigenvalue weighted by Crippen LogP contribution is 2.29. The summed E-state index contributed by atoms with van der Waals surface area (Å²) in [6, 6.07) is 0. The molecule has 1 fully saturated rings. The van der Waals surface area contributed by atoms with Crippen molar-refractivity contribution in [3.8, 4) is 0 Å². The summed E-state index contributed by atoms with van der Waals surface area (Å²) in [5.74, 6) is 0.580. The van der Waals surface area contributed by atoms with Crippen molar-refractivity contribution in [1.29, 1.82) is 0 Å². The first kappa shape index (κ1) is 16.1. The highest BCUT2D eigenvalue weighted by atomic mass is 35.5. The number of hydrogen-bond donors (Lipinski definition) is 2. The molecule has 1 amide bonds. The molecule has 1 aliphatic carbocycles. The van der Waals surface area contributed by atoms with Gasteiger partial charge in [-0.15, -0.1) is 12.4 Å². The minimum absolute atomic E-state index is 0. The van der Waals surface area contributed by atoms with Crippen molar-refractivity contribution in [2.45, 2.75) is 33.1 Å². The normalized spacial score (nSPS) is 14.6. The molecule has 1 aliphatic rings. The Labute approximate surface area is 135 Å². The van der Waals surface area contributed by atoms with Crippen LogP contribution in [-0.4, -0.2) is 22.4 Å². The second kappa shape index (κ2) is 6.24. The van der Waals surface area contributed by atoms with Gasteiger partial charge in [0.2, 0.25) is 0 Å². The van der Waals surface area contributed by atoms with Crippen molar-refractivity contribution in [1.82, 2.24) is 15.3 Å². The fourth-order valence-corrected chi connectivity index (χ4v) is 2.85. The molecule has 3 rings (SSSR count). The lowest BCUT2D eigenvalue weighted by molar-refractivity contribution is 0.0940. The predicted molar refractivity (Wildman–Crippen MR) is 87.5 cm³/mol. The number of aromatic nitrogens is 2. The van der Waals surface area contributed by atoms with Gasteiger partial charge < -0.3 is 10.3 Å². The number of aryl methyl sites for hydroxylation is 2. The number of rotatable bonds is 3. The molecule has 0 aromatic carbocycles. The number of pyridine rings is 1. The first-order valence-corrected chi connectivity index (χ1v) is 7.37. The van der Waals surface area contributed by atoms with Crippen LogP contribution in [0.15, 0.2) is 6.20 Å². The Bertz CT molecular complexity index is 677. The first-order chi connectivity index (χ1) is 9.58. The van der Waals surface area contributed by atoms with E-state index in [1.807, 2.05) is 13.8 Å². The van der Waals surface area contributed by atoms with E-state index in [-0.39, 0.29) is 18.3 Å². The number of nitrogens with one attached hydrogen (secondary N) is 2. The van der Waals surface area contributed by atoms with E-state index in [0.717, 1.165) is 28.7 Å². The molecule has 0 aliphatic heterocycles. The maximum Gasteiger partial charge on any atom is 0.253 e. The topological polar surface area (TPSA) is 57.8 Å². The average molecular weight is 328 g/mol. The molecule has 2 aromatic rings. The van der Waals surface area contributed by atoms with Crippen LogP contribution in [-0.2, 0) is 0 Å². The fraction of sp³-hybridized carbons (Fsp3) is 0.467. The quantitative estimate of drug-likeness (QED) is 0.843. The van der Waals surface area contributed by atoms with Gasteiger partial charge in [-0.1, -0.05) is 18.0 Å². The Morgan fingerprint density at radius 1 is 1.48 bits per heavy atom. The van der Waals surface area contributed by atoms with Crippen molar-refractivity contribution >= 4 is 40.8 Å². The van der Waals surface area contributed by atoms with Crippen molar-refractivity contribution in [2.24, 2.45) is 5.92 Å². The maximum atomic E-state index is 12.4. The number of fused-ring (bicyclic) bond motifs is 1. The van der Waals surface area contributed by atoms with Crippen LogP contribution in [0.25, 0.3) is 10.9 Å².